The van der Waals surface area contributed by atoms with E-state index in [2.05, 4.69) is 10.6 Å². The number of carboxylic acids is 2. The number of nitrogens with one attached hydrogen (secondary N) is 2. The van der Waals surface area contributed by atoms with E-state index in [4.69, 9.17) is 14.9 Å². The van der Waals surface area contributed by atoms with Crippen molar-refractivity contribution in [1.82, 2.24) is 10.6 Å². The van der Waals surface area contributed by atoms with Gasteiger partial charge in [-0.25, -0.2) is 9.59 Å². The lowest BCUT2D eigenvalue weighted by atomic mass is 10.2. The summed E-state index contributed by atoms with van der Waals surface area (Å²) < 4.78 is 5.19. The lowest BCUT2D eigenvalue weighted by molar-refractivity contribution is -0.145. The quantitative estimate of drug-likeness (QED) is 0.417. The summed E-state index contributed by atoms with van der Waals surface area (Å²) >= 11 is 0. The number of urea groups is 1. The first-order valence-corrected chi connectivity index (χ1v) is 6.04. The lowest BCUT2D eigenvalue weighted by Gasteiger charge is -2.13. The zero-order valence-corrected chi connectivity index (χ0v) is 10.8. The van der Waals surface area contributed by atoms with Crippen LogP contribution < -0.4 is 10.6 Å². The largest absolute Gasteiger partial charge is 0.481 e. The molecule has 2 amide bonds. The van der Waals surface area contributed by atoms with Gasteiger partial charge in [-0.1, -0.05) is 6.92 Å². The molecule has 0 saturated heterocycles. The van der Waals surface area contributed by atoms with E-state index in [-0.39, 0.29) is 0 Å². The molecule has 19 heavy (non-hydrogen) atoms. The van der Waals surface area contributed by atoms with Crippen molar-refractivity contribution in [2.24, 2.45) is 0 Å². The topological polar surface area (TPSA) is 125 Å². The Balaban J connectivity index is 3.81. The first-order chi connectivity index (χ1) is 8.97. The van der Waals surface area contributed by atoms with Crippen LogP contribution in [0.15, 0.2) is 0 Å². The Kier molecular flexibility index (Phi) is 9.15. The van der Waals surface area contributed by atoms with Crippen LogP contribution in [-0.4, -0.2) is 54.0 Å². The van der Waals surface area contributed by atoms with E-state index < -0.39 is 30.4 Å². The summed E-state index contributed by atoms with van der Waals surface area (Å²) in [6.45, 7) is 3.48. The minimum absolute atomic E-state index is 0.328. The van der Waals surface area contributed by atoms with Gasteiger partial charge in [0.15, 0.2) is 0 Å². The highest BCUT2D eigenvalue weighted by atomic mass is 16.5. The van der Waals surface area contributed by atoms with Gasteiger partial charge in [-0.2, -0.15) is 0 Å². The van der Waals surface area contributed by atoms with Gasteiger partial charge in [0, 0.05) is 19.8 Å². The first kappa shape index (κ1) is 17.2. The molecule has 0 aliphatic rings. The number of hydrogen-bond acceptors (Lipinski definition) is 4. The van der Waals surface area contributed by atoms with E-state index in [1.54, 1.807) is 0 Å². The minimum Gasteiger partial charge on any atom is -0.481 e. The van der Waals surface area contributed by atoms with Crippen molar-refractivity contribution in [1.29, 1.82) is 0 Å². The third kappa shape index (κ3) is 9.83. The number of carbonyl (C=O) groups excluding carboxylic acids is 1. The zero-order chi connectivity index (χ0) is 14.7. The molecule has 1 unspecified atom stereocenters. The van der Waals surface area contributed by atoms with Crippen molar-refractivity contribution < 1.29 is 29.3 Å². The SMILES string of the molecule is CCCOCCCNC(=O)NC(CC(=O)O)C(=O)O. The molecule has 8 heteroatoms. The molecular weight excluding hydrogens is 256 g/mol. The highest BCUT2D eigenvalue weighted by molar-refractivity contribution is 5.86. The van der Waals surface area contributed by atoms with E-state index in [1.165, 1.54) is 0 Å². The summed E-state index contributed by atoms with van der Waals surface area (Å²) in [5.41, 5.74) is 0. The normalized spacial score (nSPS) is 11.6. The highest BCUT2D eigenvalue weighted by Gasteiger charge is 2.22. The van der Waals surface area contributed by atoms with Crippen LogP contribution in [0.1, 0.15) is 26.2 Å². The molecule has 0 aromatic heterocycles. The molecule has 0 aliphatic carbocycles. The van der Waals surface area contributed by atoms with Gasteiger partial charge in [0.05, 0.1) is 6.42 Å². The van der Waals surface area contributed by atoms with Crippen LogP contribution in [0.25, 0.3) is 0 Å². The van der Waals surface area contributed by atoms with Crippen LogP contribution in [0.2, 0.25) is 0 Å². The van der Waals surface area contributed by atoms with Crippen LogP contribution in [0.3, 0.4) is 0 Å². The molecule has 0 fully saturated rings. The van der Waals surface area contributed by atoms with Crippen LogP contribution in [0.5, 0.6) is 0 Å². The summed E-state index contributed by atoms with van der Waals surface area (Å²) in [6, 6.07) is -2.14. The van der Waals surface area contributed by atoms with Gasteiger partial charge in [0.25, 0.3) is 0 Å². The molecule has 0 saturated carbocycles. The number of amides is 2. The van der Waals surface area contributed by atoms with E-state index in [0.29, 0.717) is 26.2 Å². The maximum absolute atomic E-state index is 11.3. The fraction of sp³-hybridized carbons (Fsp3) is 0.727. The van der Waals surface area contributed by atoms with Crippen molar-refractivity contribution in [3.63, 3.8) is 0 Å². The summed E-state index contributed by atoms with van der Waals surface area (Å²) in [4.78, 5) is 32.4. The molecule has 0 bridgehead atoms. The molecular formula is C11H20N2O6. The monoisotopic (exact) mass is 276 g/mol. The average Bonchev–Trinajstić information content (AvgIpc) is 2.32. The Morgan fingerprint density at radius 2 is 1.89 bits per heavy atom. The van der Waals surface area contributed by atoms with Crippen molar-refractivity contribution in [2.45, 2.75) is 32.2 Å². The standard InChI is InChI=1S/C11H20N2O6/c1-2-5-19-6-3-4-12-11(18)13-8(10(16)17)7-9(14)15/h8H,2-7H2,1H3,(H,14,15)(H,16,17)(H2,12,13,18). The molecule has 110 valence electrons. The van der Waals surface area contributed by atoms with Crippen molar-refractivity contribution in [3.05, 3.63) is 0 Å². The van der Waals surface area contributed by atoms with Gasteiger partial charge in [0.1, 0.15) is 6.04 Å². The van der Waals surface area contributed by atoms with Gasteiger partial charge in [-0.3, -0.25) is 4.79 Å². The Labute approximate surface area is 111 Å². The Hall–Kier alpha value is -1.83. The van der Waals surface area contributed by atoms with Gasteiger partial charge in [0.2, 0.25) is 0 Å². The van der Waals surface area contributed by atoms with Crippen molar-refractivity contribution in [2.75, 3.05) is 19.8 Å². The number of hydrogen-bond donors (Lipinski definition) is 4. The molecule has 0 heterocycles. The Morgan fingerprint density at radius 3 is 2.42 bits per heavy atom. The Morgan fingerprint density at radius 1 is 1.21 bits per heavy atom. The van der Waals surface area contributed by atoms with E-state index in [9.17, 15) is 14.4 Å². The predicted octanol–water partition coefficient (Wildman–Crippen LogP) is 0.0302. The Bertz CT molecular complexity index is 308. The molecule has 0 radical (unpaired) electrons. The third-order valence-corrected chi connectivity index (χ3v) is 2.08. The molecule has 8 nitrogen and oxygen atoms in total. The lowest BCUT2D eigenvalue weighted by Crippen LogP contribution is -2.47. The van der Waals surface area contributed by atoms with Crippen LogP contribution in [0, 0.1) is 0 Å². The van der Waals surface area contributed by atoms with E-state index in [1.807, 2.05) is 6.92 Å². The van der Waals surface area contributed by atoms with Crippen LogP contribution in [0.4, 0.5) is 4.79 Å². The summed E-state index contributed by atoms with van der Waals surface area (Å²) in [7, 11) is 0. The van der Waals surface area contributed by atoms with Gasteiger partial charge >= 0.3 is 18.0 Å². The maximum atomic E-state index is 11.3. The second-order valence-corrected chi connectivity index (χ2v) is 3.85. The molecule has 0 aliphatic heterocycles. The average molecular weight is 276 g/mol. The molecule has 1 atom stereocenters. The first-order valence-electron chi connectivity index (χ1n) is 6.04. The number of carboxylic acid groups (broad SMARTS) is 2. The highest BCUT2D eigenvalue weighted by Crippen LogP contribution is 1.92. The third-order valence-electron chi connectivity index (χ3n) is 2.08. The van der Waals surface area contributed by atoms with Gasteiger partial charge in [-0.15, -0.1) is 0 Å². The van der Waals surface area contributed by atoms with Crippen molar-refractivity contribution >= 4 is 18.0 Å². The summed E-state index contributed by atoms with van der Waals surface area (Å²) in [6.07, 6.45) is 0.857. The smallest absolute Gasteiger partial charge is 0.326 e. The summed E-state index contributed by atoms with van der Waals surface area (Å²) in [5.74, 6) is -2.68. The van der Waals surface area contributed by atoms with E-state index >= 15 is 0 Å². The maximum Gasteiger partial charge on any atom is 0.326 e. The van der Waals surface area contributed by atoms with E-state index in [0.717, 1.165) is 6.42 Å². The molecule has 0 aromatic carbocycles. The fourth-order valence-electron chi connectivity index (χ4n) is 1.21. The van der Waals surface area contributed by atoms with Gasteiger partial charge < -0.3 is 25.6 Å². The minimum atomic E-state index is -1.44. The molecule has 0 spiro atoms. The van der Waals surface area contributed by atoms with Crippen LogP contribution >= 0.6 is 0 Å². The predicted molar refractivity (Wildman–Crippen MR) is 65.9 cm³/mol. The number of aliphatic carboxylic acids is 2. The number of carbonyl (C=O) groups is 3. The molecule has 4 N–H and O–H groups in total. The second-order valence-electron chi connectivity index (χ2n) is 3.85. The zero-order valence-electron chi connectivity index (χ0n) is 10.8. The van der Waals surface area contributed by atoms with Crippen molar-refractivity contribution in [3.8, 4) is 0 Å². The molecule has 0 rings (SSSR count). The molecule has 0 aromatic rings. The van der Waals surface area contributed by atoms with Gasteiger partial charge in [-0.05, 0) is 12.8 Å². The van der Waals surface area contributed by atoms with Crippen LogP contribution in [-0.2, 0) is 14.3 Å². The fourth-order valence-corrected chi connectivity index (χ4v) is 1.21. The summed E-state index contributed by atoms with van der Waals surface area (Å²) in [5, 5.41) is 21.7. The number of rotatable bonds is 10. The second kappa shape index (κ2) is 10.1. The number of ether oxygens (including phenoxy) is 1.